The largest absolute Gasteiger partial charge is 0.370 e. The quantitative estimate of drug-likeness (QED) is 0.420. The Morgan fingerprint density at radius 2 is 2.00 bits per heavy atom. The maximum atomic E-state index is 6.20. The number of nitrogens with zero attached hydrogens (tertiary/aromatic N) is 2. The molecule has 0 atom stereocenters. The smallest absolute Gasteiger partial charge is 0.190 e. The lowest BCUT2D eigenvalue weighted by atomic mass is 10.4. The zero-order valence-electron chi connectivity index (χ0n) is 11.7. The molecule has 21 heavy (non-hydrogen) atoms. The first-order valence-electron chi connectivity index (χ1n) is 6.42. The summed E-state index contributed by atoms with van der Waals surface area (Å²) in [7, 11) is 0. The fourth-order valence-corrected chi connectivity index (χ4v) is 3.35. The average molecular weight is 360 g/mol. The molecule has 0 aliphatic heterocycles. The van der Waals surface area contributed by atoms with Crippen molar-refractivity contribution in [3.63, 3.8) is 0 Å². The topological polar surface area (TPSA) is 37.8 Å². The Morgan fingerprint density at radius 1 is 1.19 bits per heavy atom. The van der Waals surface area contributed by atoms with Crippen LogP contribution >= 0.6 is 46.7 Å². The molecule has 0 saturated carbocycles. The molecule has 0 spiro atoms. The number of nitrogens with one attached hydrogen (secondary N) is 1. The minimum absolute atomic E-state index is 0.658. The van der Waals surface area contributed by atoms with Gasteiger partial charge >= 0.3 is 0 Å². The van der Waals surface area contributed by atoms with E-state index in [1.807, 2.05) is 18.4 Å². The SMILES string of the molecule is CCCNc1cc(Sc2cc(Cl)ccc2Cl)nc(SC)n1. The Hall–Kier alpha value is -0.620. The fourth-order valence-electron chi connectivity index (χ4n) is 1.56. The summed E-state index contributed by atoms with van der Waals surface area (Å²) in [5.74, 6) is 0.830. The summed E-state index contributed by atoms with van der Waals surface area (Å²) in [6.07, 6.45) is 3.00. The van der Waals surface area contributed by atoms with Crippen molar-refractivity contribution < 1.29 is 0 Å². The summed E-state index contributed by atoms with van der Waals surface area (Å²) in [6, 6.07) is 7.33. The van der Waals surface area contributed by atoms with Crippen LogP contribution in [0, 0.1) is 0 Å². The van der Waals surface area contributed by atoms with Crippen LogP contribution in [0.3, 0.4) is 0 Å². The van der Waals surface area contributed by atoms with Crippen LogP contribution < -0.4 is 5.32 Å². The molecule has 112 valence electrons. The Bertz CT molecular complexity index is 623. The third-order valence-corrected chi connectivity index (χ3v) is 4.73. The second-order valence-corrected chi connectivity index (χ2v) is 6.86. The lowest BCUT2D eigenvalue weighted by Gasteiger charge is -2.09. The third-order valence-electron chi connectivity index (χ3n) is 2.53. The number of halogens is 2. The van der Waals surface area contributed by atoms with E-state index in [0.29, 0.717) is 10.0 Å². The molecular formula is C14H15Cl2N3S2. The van der Waals surface area contributed by atoms with Gasteiger partial charge in [0, 0.05) is 22.5 Å². The normalized spacial score (nSPS) is 10.7. The van der Waals surface area contributed by atoms with Gasteiger partial charge in [0.05, 0.1) is 5.02 Å². The van der Waals surface area contributed by atoms with Crippen LogP contribution in [-0.4, -0.2) is 22.8 Å². The lowest BCUT2D eigenvalue weighted by molar-refractivity contribution is 0.878. The molecular weight excluding hydrogens is 345 g/mol. The van der Waals surface area contributed by atoms with Crippen molar-refractivity contribution in [2.24, 2.45) is 0 Å². The van der Waals surface area contributed by atoms with Gasteiger partial charge in [0.1, 0.15) is 10.8 Å². The summed E-state index contributed by atoms with van der Waals surface area (Å²) in [5, 5.41) is 6.18. The molecule has 1 aromatic heterocycles. The molecule has 0 amide bonds. The highest BCUT2D eigenvalue weighted by Gasteiger charge is 2.09. The molecule has 1 heterocycles. The van der Waals surface area contributed by atoms with Crippen molar-refractivity contribution in [2.45, 2.75) is 28.4 Å². The van der Waals surface area contributed by atoms with E-state index in [4.69, 9.17) is 23.2 Å². The maximum Gasteiger partial charge on any atom is 0.190 e. The number of aromatic nitrogens is 2. The average Bonchev–Trinajstić information content (AvgIpc) is 2.48. The first-order chi connectivity index (χ1) is 10.1. The van der Waals surface area contributed by atoms with Crippen LogP contribution in [0.4, 0.5) is 5.82 Å². The van der Waals surface area contributed by atoms with Crippen LogP contribution in [0.25, 0.3) is 0 Å². The maximum absolute atomic E-state index is 6.20. The van der Waals surface area contributed by atoms with E-state index >= 15 is 0 Å². The molecule has 7 heteroatoms. The van der Waals surface area contributed by atoms with Crippen molar-refractivity contribution in [3.8, 4) is 0 Å². The van der Waals surface area contributed by atoms with Crippen LogP contribution in [0.5, 0.6) is 0 Å². The van der Waals surface area contributed by atoms with Gasteiger partial charge in [-0.05, 0) is 30.9 Å². The standard InChI is InChI=1S/C14H15Cl2N3S2/c1-3-6-17-12-8-13(19-14(18-12)20-2)21-11-7-9(15)4-5-10(11)16/h4-5,7-8H,3,6H2,1-2H3,(H,17,18,19). The van der Waals surface area contributed by atoms with Gasteiger partial charge < -0.3 is 5.32 Å². The van der Waals surface area contributed by atoms with Crippen molar-refractivity contribution in [2.75, 3.05) is 18.1 Å². The summed E-state index contributed by atoms with van der Waals surface area (Å²) >= 11 is 15.2. The molecule has 3 nitrogen and oxygen atoms in total. The summed E-state index contributed by atoms with van der Waals surface area (Å²) in [6.45, 7) is 3.00. The molecule has 0 unspecified atom stereocenters. The van der Waals surface area contributed by atoms with Gasteiger partial charge in [-0.2, -0.15) is 0 Å². The van der Waals surface area contributed by atoms with E-state index in [1.54, 1.807) is 12.1 Å². The molecule has 0 aliphatic carbocycles. The van der Waals surface area contributed by atoms with Crippen molar-refractivity contribution in [1.82, 2.24) is 9.97 Å². The summed E-state index contributed by atoms with van der Waals surface area (Å²) in [4.78, 5) is 9.82. The van der Waals surface area contributed by atoms with Gasteiger partial charge in [0.2, 0.25) is 0 Å². The molecule has 2 rings (SSSR count). The highest BCUT2D eigenvalue weighted by molar-refractivity contribution is 7.99. The number of hydrogen-bond donors (Lipinski definition) is 1. The number of anilines is 1. The Kier molecular flexibility index (Phi) is 6.48. The molecule has 0 saturated heterocycles. The number of thioether (sulfide) groups is 1. The second kappa shape index (κ2) is 8.13. The first-order valence-corrected chi connectivity index (χ1v) is 9.22. The minimum atomic E-state index is 0.658. The fraction of sp³-hybridized carbons (Fsp3) is 0.286. The van der Waals surface area contributed by atoms with E-state index in [1.165, 1.54) is 23.5 Å². The number of benzene rings is 1. The lowest BCUT2D eigenvalue weighted by Crippen LogP contribution is -2.03. The van der Waals surface area contributed by atoms with Crippen LogP contribution in [0.15, 0.2) is 39.3 Å². The summed E-state index contributed by atoms with van der Waals surface area (Å²) in [5.41, 5.74) is 0. The molecule has 0 fully saturated rings. The van der Waals surface area contributed by atoms with Crippen LogP contribution in [0.1, 0.15) is 13.3 Å². The second-order valence-electron chi connectivity index (χ2n) is 4.18. The van der Waals surface area contributed by atoms with Crippen LogP contribution in [0.2, 0.25) is 10.0 Å². The van der Waals surface area contributed by atoms with Crippen molar-refractivity contribution in [3.05, 3.63) is 34.3 Å². The minimum Gasteiger partial charge on any atom is -0.370 e. The van der Waals surface area contributed by atoms with E-state index in [2.05, 4.69) is 22.2 Å². The number of hydrogen-bond acceptors (Lipinski definition) is 5. The third kappa shape index (κ3) is 4.95. The van der Waals surface area contributed by atoms with Crippen molar-refractivity contribution in [1.29, 1.82) is 0 Å². The Morgan fingerprint density at radius 3 is 2.71 bits per heavy atom. The predicted molar refractivity (Wildman–Crippen MR) is 93.2 cm³/mol. The van der Waals surface area contributed by atoms with E-state index in [0.717, 1.165) is 33.9 Å². The first kappa shape index (κ1) is 16.7. The highest BCUT2D eigenvalue weighted by Crippen LogP contribution is 2.35. The molecule has 0 aliphatic rings. The van der Waals surface area contributed by atoms with E-state index in [-0.39, 0.29) is 0 Å². The monoisotopic (exact) mass is 359 g/mol. The molecule has 2 aromatic rings. The zero-order chi connectivity index (χ0) is 15.2. The highest BCUT2D eigenvalue weighted by atomic mass is 35.5. The van der Waals surface area contributed by atoms with E-state index < -0.39 is 0 Å². The van der Waals surface area contributed by atoms with Gasteiger partial charge in [0.15, 0.2) is 5.16 Å². The predicted octanol–water partition coefficient (Wildman–Crippen LogP) is 5.48. The summed E-state index contributed by atoms with van der Waals surface area (Å²) < 4.78 is 0. The van der Waals surface area contributed by atoms with Crippen molar-refractivity contribution >= 4 is 52.5 Å². The van der Waals surface area contributed by atoms with Gasteiger partial charge in [0.25, 0.3) is 0 Å². The number of rotatable bonds is 6. The zero-order valence-corrected chi connectivity index (χ0v) is 14.8. The molecule has 1 N–H and O–H groups in total. The Labute approximate surface area is 143 Å². The van der Waals surface area contributed by atoms with Crippen LogP contribution in [-0.2, 0) is 0 Å². The van der Waals surface area contributed by atoms with Gasteiger partial charge in [-0.1, -0.05) is 53.6 Å². The Balaban J connectivity index is 2.27. The van der Waals surface area contributed by atoms with Gasteiger partial charge in [-0.25, -0.2) is 9.97 Å². The van der Waals surface area contributed by atoms with E-state index in [9.17, 15) is 0 Å². The molecule has 0 bridgehead atoms. The molecule has 1 aromatic carbocycles. The van der Waals surface area contributed by atoms with Gasteiger partial charge in [-0.15, -0.1) is 0 Å². The molecule has 0 radical (unpaired) electrons. The van der Waals surface area contributed by atoms with Gasteiger partial charge in [-0.3, -0.25) is 0 Å².